The summed E-state index contributed by atoms with van der Waals surface area (Å²) < 4.78 is 5.61. The first-order chi connectivity index (χ1) is 10.2. The van der Waals surface area contributed by atoms with Gasteiger partial charge in [0.05, 0.1) is 25.1 Å². The molecule has 2 unspecified atom stereocenters. The zero-order valence-electron chi connectivity index (χ0n) is 12.6. The van der Waals surface area contributed by atoms with E-state index >= 15 is 0 Å². The van der Waals surface area contributed by atoms with Gasteiger partial charge < -0.3 is 15.4 Å². The third kappa shape index (κ3) is 4.07. The molecule has 2 N–H and O–H groups in total. The first-order valence-corrected chi connectivity index (χ1v) is 8.16. The van der Waals surface area contributed by atoms with E-state index in [4.69, 9.17) is 10.5 Å². The van der Waals surface area contributed by atoms with Gasteiger partial charge in [0.25, 0.3) is 0 Å². The summed E-state index contributed by atoms with van der Waals surface area (Å²) in [7, 11) is 1.86. The maximum absolute atomic E-state index is 12.5. The molecule has 0 spiro atoms. The number of rotatable bonds is 4. The Labute approximate surface area is 130 Å². The summed E-state index contributed by atoms with van der Waals surface area (Å²) in [4.78, 5) is 15.4. The van der Waals surface area contributed by atoms with E-state index in [1.165, 1.54) is 0 Å². The quantitative estimate of drug-likeness (QED) is 0.864. The minimum absolute atomic E-state index is 0.0106. The zero-order chi connectivity index (χ0) is 15.2. The second-order valence-electron chi connectivity index (χ2n) is 5.21. The third-order valence-corrected chi connectivity index (χ3v) is 4.61. The van der Waals surface area contributed by atoms with Crippen molar-refractivity contribution >= 4 is 17.2 Å². The van der Waals surface area contributed by atoms with Crippen molar-refractivity contribution in [2.24, 2.45) is 11.7 Å². The van der Waals surface area contributed by atoms with Gasteiger partial charge in [0.15, 0.2) is 0 Å². The highest BCUT2D eigenvalue weighted by Crippen LogP contribution is 2.26. The number of carbonyl (C=O) groups excluding carboxylic acids is 1. The molecule has 1 aromatic heterocycles. The number of ether oxygens (including phenoxy) is 1. The molecular weight excluding hydrogens is 284 g/mol. The minimum atomic E-state index is 0.0106. The molecule has 2 rings (SSSR count). The molecule has 1 amide bonds. The van der Waals surface area contributed by atoms with Crippen molar-refractivity contribution in [1.29, 1.82) is 0 Å². The van der Waals surface area contributed by atoms with Gasteiger partial charge in [-0.1, -0.05) is 18.8 Å². The minimum Gasteiger partial charge on any atom is -0.377 e. The van der Waals surface area contributed by atoms with Crippen LogP contribution < -0.4 is 5.73 Å². The molecule has 1 aliphatic rings. The van der Waals surface area contributed by atoms with Crippen LogP contribution in [0.1, 0.15) is 30.2 Å². The molecule has 2 heterocycles. The Balaban J connectivity index is 1.95. The van der Waals surface area contributed by atoms with Gasteiger partial charge in [0.2, 0.25) is 5.91 Å². The number of hydrogen-bond donors (Lipinski definition) is 1. The monoisotopic (exact) mass is 306 g/mol. The van der Waals surface area contributed by atoms with Gasteiger partial charge >= 0.3 is 0 Å². The van der Waals surface area contributed by atoms with Crippen LogP contribution in [0.5, 0.6) is 0 Å². The van der Waals surface area contributed by atoms with Crippen LogP contribution in [-0.4, -0.2) is 37.1 Å². The zero-order valence-corrected chi connectivity index (χ0v) is 13.4. The molecule has 0 aliphatic carbocycles. The molecule has 0 bridgehead atoms. The van der Waals surface area contributed by atoms with Gasteiger partial charge in [-0.3, -0.25) is 4.79 Å². The number of amides is 1. The van der Waals surface area contributed by atoms with Gasteiger partial charge in [-0.15, -0.1) is 11.3 Å². The molecule has 0 aromatic carbocycles. The fourth-order valence-corrected chi connectivity index (χ4v) is 3.48. The molecule has 21 heavy (non-hydrogen) atoms. The molecular formula is C16H22N2O2S. The normalized spacial score (nSPS) is 20.9. The van der Waals surface area contributed by atoms with E-state index in [0.717, 1.165) is 23.3 Å². The van der Waals surface area contributed by atoms with Gasteiger partial charge in [-0.05, 0) is 18.9 Å². The van der Waals surface area contributed by atoms with E-state index in [9.17, 15) is 4.79 Å². The molecule has 1 aromatic rings. The van der Waals surface area contributed by atoms with Crippen LogP contribution in [0, 0.1) is 17.8 Å². The summed E-state index contributed by atoms with van der Waals surface area (Å²) in [5, 5.41) is 2.00. The number of thiophene rings is 1. The predicted octanol–water partition coefficient (Wildman–Crippen LogP) is 1.83. The van der Waals surface area contributed by atoms with Crippen LogP contribution in [0.25, 0.3) is 0 Å². The summed E-state index contributed by atoms with van der Waals surface area (Å²) in [6.45, 7) is 3.75. The fourth-order valence-electron chi connectivity index (χ4n) is 2.61. The smallest absolute Gasteiger partial charge is 0.228 e. The summed E-state index contributed by atoms with van der Waals surface area (Å²) in [6, 6.07) is 2.03. The fraction of sp³-hybridized carbons (Fsp3) is 0.562. The van der Waals surface area contributed by atoms with E-state index in [2.05, 4.69) is 18.8 Å². The SMILES string of the molecule is CCC1OCCC1C(=O)N(C)Cc1cc(C#CCN)cs1. The summed E-state index contributed by atoms with van der Waals surface area (Å²) in [5.41, 5.74) is 6.33. The lowest BCUT2D eigenvalue weighted by atomic mass is 9.98. The van der Waals surface area contributed by atoms with E-state index in [1.807, 2.05) is 18.5 Å². The van der Waals surface area contributed by atoms with Crippen LogP contribution in [-0.2, 0) is 16.1 Å². The maximum atomic E-state index is 12.5. The molecule has 1 saturated heterocycles. The highest BCUT2D eigenvalue weighted by atomic mass is 32.1. The molecule has 2 atom stereocenters. The van der Waals surface area contributed by atoms with Crippen molar-refractivity contribution in [2.75, 3.05) is 20.2 Å². The Morgan fingerprint density at radius 2 is 2.43 bits per heavy atom. The third-order valence-electron chi connectivity index (χ3n) is 3.69. The maximum Gasteiger partial charge on any atom is 0.228 e. The molecule has 0 radical (unpaired) electrons. The molecule has 1 aliphatic heterocycles. The second-order valence-corrected chi connectivity index (χ2v) is 6.21. The van der Waals surface area contributed by atoms with E-state index < -0.39 is 0 Å². The van der Waals surface area contributed by atoms with E-state index in [0.29, 0.717) is 19.7 Å². The van der Waals surface area contributed by atoms with Gasteiger partial charge in [-0.25, -0.2) is 0 Å². The lowest BCUT2D eigenvalue weighted by molar-refractivity contribution is -0.136. The van der Waals surface area contributed by atoms with Crippen LogP contribution in [0.3, 0.4) is 0 Å². The molecule has 114 valence electrons. The Bertz CT molecular complexity index is 544. The van der Waals surface area contributed by atoms with Gasteiger partial charge in [0.1, 0.15) is 0 Å². The number of nitrogens with zero attached hydrogens (tertiary/aromatic N) is 1. The van der Waals surface area contributed by atoms with Gasteiger partial charge in [-0.2, -0.15) is 0 Å². The Morgan fingerprint density at radius 1 is 1.62 bits per heavy atom. The van der Waals surface area contributed by atoms with Crippen molar-refractivity contribution in [2.45, 2.75) is 32.4 Å². The molecule has 5 heteroatoms. The average Bonchev–Trinajstić information content (AvgIpc) is 3.12. The summed E-state index contributed by atoms with van der Waals surface area (Å²) in [6.07, 6.45) is 1.80. The topological polar surface area (TPSA) is 55.6 Å². The van der Waals surface area contributed by atoms with Crippen molar-refractivity contribution in [3.05, 3.63) is 21.9 Å². The van der Waals surface area contributed by atoms with Crippen LogP contribution in [0.15, 0.2) is 11.4 Å². The average molecular weight is 306 g/mol. The highest BCUT2D eigenvalue weighted by molar-refractivity contribution is 7.10. The van der Waals surface area contributed by atoms with E-state index in [-0.39, 0.29) is 17.9 Å². The van der Waals surface area contributed by atoms with Gasteiger partial charge in [0, 0.05) is 29.5 Å². The first kappa shape index (κ1) is 16.0. The predicted molar refractivity (Wildman–Crippen MR) is 84.9 cm³/mol. The van der Waals surface area contributed by atoms with Crippen LogP contribution in [0.2, 0.25) is 0 Å². The Hall–Kier alpha value is -1.35. The summed E-state index contributed by atoms with van der Waals surface area (Å²) >= 11 is 1.63. The second kappa shape index (κ2) is 7.60. The molecule has 1 fully saturated rings. The first-order valence-electron chi connectivity index (χ1n) is 7.28. The number of nitrogens with two attached hydrogens (primary N) is 1. The van der Waals surface area contributed by atoms with Crippen molar-refractivity contribution < 1.29 is 9.53 Å². The van der Waals surface area contributed by atoms with Crippen LogP contribution in [0.4, 0.5) is 0 Å². The lowest BCUT2D eigenvalue weighted by Crippen LogP contribution is -2.36. The van der Waals surface area contributed by atoms with E-state index in [1.54, 1.807) is 16.2 Å². The molecule has 0 saturated carbocycles. The van der Waals surface area contributed by atoms with Crippen molar-refractivity contribution in [3.63, 3.8) is 0 Å². The standard InChI is InChI=1S/C16H22N2O2S/c1-3-15-14(6-8-20-15)16(19)18(2)10-13-9-12(11-21-13)5-4-7-17/h9,11,14-15H,3,6-8,10,17H2,1-2H3. The number of carbonyl (C=O) groups is 1. The Kier molecular flexibility index (Phi) is 5.80. The number of hydrogen-bond acceptors (Lipinski definition) is 4. The highest BCUT2D eigenvalue weighted by Gasteiger charge is 2.34. The van der Waals surface area contributed by atoms with Crippen molar-refractivity contribution in [1.82, 2.24) is 4.90 Å². The van der Waals surface area contributed by atoms with Crippen molar-refractivity contribution in [3.8, 4) is 11.8 Å². The van der Waals surface area contributed by atoms with Crippen LogP contribution >= 0.6 is 11.3 Å². The summed E-state index contributed by atoms with van der Waals surface area (Å²) in [5.74, 6) is 6.04. The lowest BCUT2D eigenvalue weighted by Gasteiger charge is -2.23. The largest absolute Gasteiger partial charge is 0.377 e. The molecule has 4 nitrogen and oxygen atoms in total. The Morgan fingerprint density at radius 3 is 3.14 bits per heavy atom.